The molecule has 31 heavy (non-hydrogen) atoms. The molecule has 0 atom stereocenters. The molecule has 1 aromatic heterocycles. The van der Waals surface area contributed by atoms with E-state index in [1.165, 1.54) is 10.4 Å². The Morgan fingerprint density at radius 2 is 1.71 bits per heavy atom. The Morgan fingerprint density at radius 1 is 0.935 bits per heavy atom. The van der Waals surface area contributed by atoms with Crippen LogP contribution in [-0.4, -0.2) is 72.7 Å². The molecule has 1 fully saturated rings. The minimum absolute atomic E-state index is 0.0595. The van der Waals surface area contributed by atoms with E-state index in [0.29, 0.717) is 43.4 Å². The molecule has 0 bridgehead atoms. The number of amides is 1. The average molecular weight is 447 g/mol. The number of benzene rings is 1. The summed E-state index contributed by atoms with van der Waals surface area (Å²) in [7, 11) is -3.68. The van der Waals surface area contributed by atoms with Gasteiger partial charge in [0.2, 0.25) is 10.0 Å². The Morgan fingerprint density at radius 3 is 2.52 bits per heavy atom. The van der Waals surface area contributed by atoms with Gasteiger partial charge in [0.05, 0.1) is 35.6 Å². The predicted octanol–water partition coefficient (Wildman–Crippen LogP) is 1.53. The monoisotopic (exact) mass is 446 g/mol. The van der Waals surface area contributed by atoms with Crippen LogP contribution in [0.2, 0.25) is 0 Å². The summed E-state index contributed by atoms with van der Waals surface area (Å²) in [4.78, 5) is 14.9. The molecule has 0 saturated carbocycles. The van der Waals surface area contributed by atoms with Gasteiger partial charge in [-0.3, -0.25) is 9.48 Å². The molecular formula is C21H26N4O5S. The van der Waals surface area contributed by atoms with Gasteiger partial charge in [-0.05, 0) is 31.4 Å². The van der Waals surface area contributed by atoms with Crippen LogP contribution in [0.3, 0.4) is 0 Å². The third-order valence-corrected chi connectivity index (χ3v) is 7.99. The van der Waals surface area contributed by atoms with Crippen molar-refractivity contribution in [1.82, 2.24) is 19.0 Å². The van der Waals surface area contributed by atoms with Gasteiger partial charge >= 0.3 is 0 Å². The number of rotatable bonds is 3. The van der Waals surface area contributed by atoms with Crippen molar-refractivity contribution in [2.24, 2.45) is 0 Å². The normalized spacial score (nSPS) is 19.5. The van der Waals surface area contributed by atoms with E-state index in [1.807, 2.05) is 4.68 Å². The van der Waals surface area contributed by atoms with Crippen LogP contribution in [0.4, 0.5) is 0 Å². The molecule has 1 saturated heterocycles. The molecule has 3 aliphatic rings. The van der Waals surface area contributed by atoms with Gasteiger partial charge in [0.1, 0.15) is 0 Å². The third kappa shape index (κ3) is 3.78. The second-order valence-electron chi connectivity index (χ2n) is 8.04. The molecule has 0 unspecified atom stereocenters. The number of carbonyl (C=O) groups is 1. The van der Waals surface area contributed by atoms with Crippen LogP contribution in [0.5, 0.6) is 11.5 Å². The number of fused-ring (bicyclic) bond motifs is 2. The molecular weight excluding hydrogens is 420 g/mol. The zero-order valence-corrected chi connectivity index (χ0v) is 18.1. The molecule has 0 spiro atoms. The summed E-state index contributed by atoms with van der Waals surface area (Å²) in [5.74, 6) is 0.963. The molecule has 0 aliphatic carbocycles. The fourth-order valence-corrected chi connectivity index (χ4v) is 5.79. The molecule has 3 aliphatic heterocycles. The molecule has 0 radical (unpaired) electrons. The number of hydrogen-bond acceptors (Lipinski definition) is 6. The first-order valence-electron chi connectivity index (χ1n) is 10.8. The standard InChI is InChI=1S/C21H26N4O5S/c26-21(17-15-22-25-7-2-1-4-18(17)25)23-8-10-24(11-9-23)31(27,28)16-5-6-19-20(14-16)30-13-3-12-29-19/h5-6,14-15H,1-4,7-13H2. The van der Waals surface area contributed by atoms with Gasteiger partial charge in [-0.1, -0.05) is 0 Å². The Hall–Kier alpha value is -2.59. The second kappa shape index (κ2) is 8.16. The van der Waals surface area contributed by atoms with Gasteiger partial charge in [0.15, 0.2) is 11.5 Å². The third-order valence-electron chi connectivity index (χ3n) is 6.10. The smallest absolute Gasteiger partial charge is 0.257 e. The molecule has 5 rings (SSSR count). The molecule has 10 heteroatoms. The number of sulfonamides is 1. The van der Waals surface area contributed by atoms with Crippen LogP contribution >= 0.6 is 0 Å². The van der Waals surface area contributed by atoms with E-state index in [-0.39, 0.29) is 23.9 Å². The lowest BCUT2D eigenvalue weighted by atomic mass is 10.1. The Bertz CT molecular complexity index is 1090. The van der Waals surface area contributed by atoms with Crippen molar-refractivity contribution in [2.45, 2.75) is 37.1 Å². The largest absolute Gasteiger partial charge is 0.490 e. The van der Waals surface area contributed by atoms with Crippen LogP contribution in [0, 0.1) is 0 Å². The number of aryl methyl sites for hydroxylation is 1. The Labute approximate surface area is 181 Å². The van der Waals surface area contributed by atoms with Gasteiger partial charge < -0.3 is 14.4 Å². The van der Waals surface area contributed by atoms with Gasteiger partial charge in [0, 0.05) is 45.2 Å². The van der Waals surface area contributed by atoms with Crippen molar-refractivity contribution in [2.75, 3.05) is 39.4 Å². The van der Waals surface area contributed by atoms with Crippen molar-refractivity contribution in [3.05, 3.63) is 35.7 Å². The Kier molecular flexibility index (Phi) is 5.35. The summed E-state index contributed by atoms with van der Waals surface area (Å²) < 4.78 is 40.9. The van der Waals surface area contributed by atoms with E-state index in [0.717, 1.165) is 37.9 Å². The minimum atomic E-state index is -3.68. The second-order valence-corrected chi connectivity index (χ2v) is 9.98. The van der Waals surface area contributed by atoms with E-state index < -0.39 is 10.0 Å². The zero-order valence-electron chi connectivity index (χ0n) is 17.3. The highest BCUT2D eigenvalue weighted by molar-refractivity contribution is 7.89. The van der Waals surface area contributed by atoms with Crippen LogP contribution < -0.4 is 9.47 Å². The van der Waals surface area contributed by atoms with Crippen LogP contribution in [-0.2, 0) is 23.0 Å². The van der Waals surface area contributed by atoms with E-state index in [9.17, 15) is 13.2 Å². The summed E-state index contributed by atoms with van der Waals surface area (Å²) in [5, 5.41) is 4.35. The number of aromatic nitrogens is 2. The summed E-state index contributed by atoms with van der Waals surface area (Å²) in [6.45, 7) is 3.12. The molecule has 4 heterocycles. The van der Waals surface area contributed by atoms with Crippen molar-refractivity contribution in [1.29, 1.82) is 0 Å². The lowest BCUT2D eigenvalue weighted by Crippen LogP contribution is -2.50. The lowest BCUT2D eigenvalue weighted by Gasteiger charge is -2.34. The molecule has 166 valence electrons. The number of ether oxygens (including phenoxy) is 2. The first-order chi connectivity index (χ1) is 15.0. The summed E-state index contributed by atoms with van der Waals surface area (Å²) >= 11 is 0. The average Bonchev–Trinajstić information content (AvgIpc) is 3.08. The molecule has 2 aromatic rings. The molecule has 1 aromatic carbocycles. The molecule has 9 nitrogen and oxygen atoms in total. The van der Waals surface area contributed by atoms with Crippen LogP contribution in [0.1, 0.15) is 35.3 Å². The first kappa shape index (κ1) is 20.3. The summed E-state index contributed by atoms with van der Waals surface area (Å²) in [5.41, 5.74) is 1.65. The number of nitrogens with zero attached hydrogens (tertiary/aromatic N) is 4. The zero-order chi connectivity index (χ0) is 21.4. The van der Waals surface area contributed by atoms with Gasteiger partial charge in [-0.15, -0.1) is 0 Å². The summed E-state index contributed by atoms with van der Waals surface area (Å²) in [6, 6.07) is 4.74. The topological polar surface area (TPSA) is 94.0 Å². The maximum absolute atomic E-state index is 13.2. The lowest BCUT2D eigenvalue weighted by molar-refractivity contribution is 0.0696. The SMILES string of the molecule is O=C(c1cnn2c1CCCC2)N1CCN(S(=O)(=O)c2ccc3c(c2)OCCCO3)CC1. The number of piperazine rings is 1. The van der Waals surface area contributed by atoms with E-state index in [2.05, 4.69) is 5.10 Å². The maximum atomic E-state index is 13.2. The minimum Gasteiger partial charge on any atom is -0.490 e. The van der Waals surface area contributed by atoms with Crippen molar-refractivity contribution in [3.63, 3.8) is 0 Å². The highest BCUT2D eigenvalue weighted by Gasteiger charge is 2.32. The highest BCUT2D eigenvalue weighted by Crippen LogP contribution is 2.33. The van der Waals surface area contributed by atoms with Crippen LogP contribution in [0.25, 0.3) is 0 Å². The number of hydrogen-bond donors (Lipinski definition) is 0. The number of carbonyl (C=O) groups excluding carboxylic acids is 1. The highest BCUT2D eigenvalue weighted by atomic mass is 32.2. The Balaban J connectivity index is 1.28. The van der Waals surface area contributed by atoms with Gasteiger partial charge in [0.25, 0.3) is 5.91 Å². The van der Waals surface area contributed by atoms with Crippen molar-refractivity contribution >= 4 is 15.9 Å². The molecule has 0 N–H and O–H groups in total. The van der Waals surface area contributed by atoms with Crippen molar-refractivity contribution < 1.29 is 22.7 Å². The van der Waals surface area contributed by atoms with E-state index in [4.69, 9.17) is 9.47 Å². The fraction of sp³-hybridized carbons (Fsp3) is 0.524. The van der Waals surface area contributed by atoms with E-state index in [1.54, 1.807) is 23.2 Å². The van der Waals surface area contributed by atoms with E-state index >= 15 is 0 Å². The molecule has 1 amide bonds. The quantitative estimate of drug-likeness (QED) is 0.710. The first-order valence-corrected chi connectivity index (χ1v) is 12.2. The van der Waals surface area contributed by atoms with Crippen LogP contribution in [0.15, 0.2) is 29.3 Å². The van der Waals surface area contributed by atoms with Gasteiger partial charge in [-0.25, -0.2) is 8.42 Å². The maximum Gasteiger partial charge on any atom is 0.257 e. The summed E-state index contributed by atoms with van der Waals surface area (Å²) in [6.07, 6.45) is 5.42. The fourth-order valence-electron chi connectivity index (χ4n) is 4.35. The van der Waals surface area contributed by atoms with Crippen molar-refractivity contribution in [3.8, 4) is 11.5 Å². The predicted molar refractivity (Wildman–Crippen MR) is 112 cm³/mol. The van der Waals surface area contributed by atoms with Gasteiger partial charge in [-0.2, -0.15) is 9.40 Å².